The number of rotatable bonds is 2. The maximum absolute atomic E-state index is 12.0. The van der Waals surface area contributed by atoms with E-state index in [1.54, 1.807) is 0 Å². The van der Waals surface area contributed by atoms with E-state index < -0.39 is 29.3 Å². The molecule has 0 aliphatic carbocycles. The van der Waals surface area contributed by atoms with Gasteiger partial charge in [-0.2, -0.15) is 0 Å². The van der Waals surface area contributed by atoms with E-state index in [1.807, 2.05) is 0 Å². The maximum atomic E-state index is 12.0. The average molecular weight is 319 g/mol. The van der Waals surface area contributed by atoms with Crippen LogP contribution in [0.2, 0.25) is 0 Å². The topological polar surface area (TPSA) is 109 Å². The van der Waals surface area contributed by atoms with Crippen molar-refractivity contribution in [3.63, 3.8) is 0 Å². The zero-order chi connectivity index (χ0) is 12.9. The quantitative estimate of drug-likeness (QED) is 0.566. The molecular formula is C8H7BrN4O5. The third kappa shape index (κ3) is 1.72. The van der Waals surface area contributed by atoms with Gasteiger partial charge in [0.05, 0.1) is 6.61 Å². The minimum Gasteiger partial charge on any atom is -0.390 e. The molecule has 0 aromatic carbocycles. The maximum Gasteiger partial charge on any atom is 0.492 e. The van der Waals surface area contributed by atoms with Crippen molar-refractivity contribution < 1.29 is 19.2 Å². The summed E-state index contributed by atoms with van der Waals surface area (Å²) in [5.74, 6) is -0.751. The minimum absolute atomic E-state index is 0.147. The molecule has 9 nitrogen and oxygen atoms in total. The predicted molar refractivity (Wildman–Crippen MR) is 57.7 cm³/mol. The lowest BCUT2D eigenvalue weighted by atomic mass is 10.0. The standard InChI is InChI=1S/C8H7BrN4O5/c9-7-10-8(13(15)16)11-12(7)3-1-5-17-2-4(18-5)6(3)14/h3-5H,1-2H2. The molecule has 96 valence electrons. The van der Waals surface area contributed by atoms with Crippen molar-refractivity contribution in [1.29, 1.82) is 0 Å². The van der Waals surface area contributed by atoms with E-state index in [4.69, 9.17) is 9.47 Å². The van der Waals surface area contributed by atoms with Crippen LogP contribution < -0.4 is 0 Å². The van der Waals surface area contributed by atoms with E-state index in [2.05, 4.69) is 26.0 Å². The fraction of sp³-hybridized carbons (Fsp3) is 0.625. The Balaban J connectivity index is 1.95. The number of fused-ring (bicyclic) bond motifs is 2. The summed E-state index contributed by atoms with van der Waals surface area (Å²) < 4.78 is 11.9. The van der Waals surface area contributed by atoms with Crippen molar-refractivity contribution in [2.75, 3.05) is 6.61 Å². The van der Waals surface area contributed by atoms with Crippen LogP contribution in [0.4, 0.5) is 5.95 Å². The molecule has 1 aromatic rings. The Kier molecular flexibility index (Phi) is 2.64. The Hall–Kier alpha value is -1.39. The molecule has 2 aliphatic rings. The third-order valence-electron chi connectivity index (χ3n) is 2.85. The van der Waals surface area contributed by atoms with Crippen LogP contribution in [0.3, 0.4) is 0 Å². The number of hydrogen-bond acceptors (Lipinski definition) is 7. The van der Waals surface area contributed by atoms with Gasteiger partial charge in [-0.05, 0) is 9.91 Å². The number of halogens is 1. The van der Waals surface area contributed by atoms with Crippen molar-refractivity contribution in [3.8, 4) is 0 Å². The summed E-state index contributed by atoms with van der Waals surface area (Å²) in [4.78, 5) is 25.5. The zero-order valence-corrected chi connectivity index (χ0v) is 10.4. The molecule has 0 N–H and O–H groups in total. The Morgan fingerprint density at radius 2 is 2.33 bits per heavy atom. The Morgan fingerprint density at radius 1 is 1.56 bits per heavy atom. The first-order valence-corrected chi connectivity index (χ1v) is 5.93. The lowest BCUT2D eigenvalue weighted by molar-refractivity contribution is -0.394. The molecular weight excluding hydrogens is 312 g/mol. The summed E-state index contributed by atoms with van der Waals surface area (Å²) in [7, 11) is 0. The lowest BCUT2D eigenvalue weighted by Crippen LogP contribution is -2.38. The molecule has 2 bridgehead atoms. The van der Waals surface area contributed by atoms with E-state index in [1.165, 1.54) is 4.68 Å². The summed E-state index contributed by atoms with van der Waals surface area (Å²) >= 11 is 3.06. The first-order valence-electron chi connectivity index (χ1n) is 5.13. The predicted octanol–water partition coefficient (Wildman–Crippen LogP) is 0.204. The second kappa shape index (κ2) is 4.07. The molecule has 3 atom stereocenters. The monoisotopic (exact) mass is 318 g/mol. The summed E-state index contributed by atoms with van der Waals surface area (Å²) in [5, 5.41) is 14.3. The molecule has 10 heteroatoms. The number of hydrogen-bond donors (Lipinski definition) is 0. The first kappa shape index (κ1) is 11.7. The second-order valence-electron chi connectivity index (χ2n) is 3.92. The van der Waals surface area contributed by atoms with Gasteiger partial charge in [0, 0.05) is 27.4 Å². The molecule has 18 heavy (non-hydrogen) atoms. The summed E-state index contributed by atoms with van der Waals surface area (Å²) in [6.45, 7) is 0.217. The van der Waals surface area contributed by atoms with Crippen LogP contribution in [0.1, 0.15) is 12.5 Å². The van der Waals surface area contributed by atoms with Crippen LogP contribution in [-0.2, 0) is 14.3 Å². The molecule has 2 fully saturated rings. The van der Waals surface area contributed by atoms with Gasteiger partial charge in [-0.1, -0.05) is 0 Å². The molecule has 3 rings (SSSR count). The molecule has 3 unspecified atom stereocenters. The first-order chi connectivity index (χ1) is 8.56. The van der Waals surface area contributed by atoms with Gasteiger partial charge in [0.25, 0.3) is 4.73 Å². The lowest BCUT2D eigenvalue weighted by Gasteiger charge is -2.23. The third-order valence-corrected chi connectivity index (χ3v) is 3.39. The number of carbonyl (C=O) groups is 1. The molecule has 1 aromatic heterocycles. The van der Waals surface area contributed by atoms with Crippen LogP contribution in [0, 0.1) is 10.1 Å². The SMILES string of the molecule is O=C1C2COC(CC1n1nc([N+](=O)[O-])nc1Br)O2. The number of ketones is 1. The molecule has 0 amide bonds. The zero-order valence-electron chi connectivity index (χ0n) is 8.85. The Bertz CT molecular complexity index is 532. The smallest absolute Gasteiger partial charge is 0.390 e. The summed E-state index contributed by atoms with van der Waals surface area (Å²) in [6.07, 6.45) is -0.814. The van der Waals surface area contributed by atoms with Crippen LogP contribution >= 0.6 is 15.9 Å². The van der Waals surface area contributed by atoms with Gasteiger partial charge >= 0.3 is 5.95 Å². The second-order valence-corrected chi connectivity index (χ2v) is 4.63. The largest absolute Gasteiger partial charge is 0.492 e. The number of Topliss-reactive ketones (excluding diaryl/α,β-unsaturated/α-hetero) is 1. The highest BCUT2D eigenvalue weighted by Crippen LogP contribution is 2.33. The van der Waals surface area contributed by atoms with Gasteiger partial charge < -0.3 is 19.6 Å². The highest BCUT2D eigenvalue weighted by molar-refractivity contribution is 9.10. The molecule has 2 aliphatic heterocycles. The van der Waals surface area contributed by atoms with E-state index in [0.29, 0.717) is 0 Å². The number of nitrogens with zero attached hydrogens (tertiary/aromatic N) is 4. The number of nitro groups is 1. The van der Waals surface area contributed by atoms with E-state index in [9.17, 15) is 14.9 Å². The van der Waals surface area contributed by atoms with Gasteiger partial charge in [0.2, 0.25) is 0 Å². The normalized spacial score (nSPS) is 30.7. The molecule has 0 radical (unpaired) electrons. The highest BCUT2D eigenvalue weighted by atomic mass is 79.9. The van der Waals surface area contributed by atoms with E-state index in [0.717, 1.165) is 0 Å². The highest BCUT2D eigenvalue weighted by Gasteiger charge is 2.46. The number of aromatic nitrogens is 3. The minimum atomic E-state index is -0.712. The van der Waals surface area contributed by atoms with Crippen LogP contribution in [0.25, 0.3) is 0 Å². The van der Waals surface area contributed by atoms with Crippen molar-refractivity contribution >= 4 is 27.7 Å². The number of carbonyl (C=O) groups excluding carboxylic acids is 1. The van der Waals surface area contributed by atoms with Crippen LogP contribution in [0.5, 0.6) is 0 Å². The van der Waals surface area contributed by atoms with Crippen LogP contribution in [0.15, 0.2) is 4.73 Å². The van der Waals surface area contributed by atoms with Crippen molar-refractivity contribution in [2.45, 2.75) is 24.9 Å². The molecule has 2 saturated heterocycles. The molecule has 0 spiro atoms. The van der Waals surface area contributed by atoms with Gasteiger partial charge in [-0.15, -0.1) is 4.68 Å². The Labute approximate surface area is 108 Å². The van der Waals surface area contributed by atoms with Gasteiger partial charge in [-0.25, -0.2) is 0 Å². The van der Waals surface area contributed by atoms with E-state index >= 15 is 0 Å². The summed E-state index contributed by atoms with van der Waals surface area (Å²) in [6, 6.07) is -0.646. The van der Waals surface area contributed by atoms with Crippen molar-refractivity contribution in [1.82, 2.24) is 14.8 Å². The number of ether oxygens (including phenoxy) is 2. The van der Waals surface area contributed by atoms with Gasteiger partial charge in [0.1, 0.15) is 12.1 Å². The molecule has 3 heterocycles. The fourth-order valence-electron chi connectivity index (χ4n) is 2.03. The van der Waals surface area contributed by atoms with Crippen LogP contribution in [-0.4, -0.2) is 44.5 Å². The molecule has 0 saturated carbocycles. The van der Waals surface area contributed by atoms with Gasteiger partial charge in [-0.3, -0.25) is 4.79 Å². The van der Waals surface area contributed by atoms with Gasteiger partial charge in [0.15, 0.2) is 12.1 Å². The Morgan fingerprint density at radius 3 is 3.00 bits per heavy atom. The van der Waals surface area contributed by atoms with E-state index in [-0.39, 0.29) is 23.5 Å². The van der Waals surface area contributed by atoms with Crippen molar-refractivity contribution in [2.24, 2.45) is 0 Å². The van der Waals surface area contributed by atoms with Crippen molar-refractivity contribution in [3.05, 3.63) is 14.8 Å². The summed E-state index contributed by atoms with van der Waals surface area (Å²) in [5.41, 5.74) is 0. The average Bonchev–Trinajstić information content (AvgIpc) is 2.89. The fourth-order valence-corrected chi connectivity index (χ4v) is 2.52.